The molecule has 1 aliphatic heterocycles. The van der Waals surface area contributed by atoms with Crippen molar-refractivity contribution in [2.75, 3.05) is 32.8 Å². The van der Waals surface area contributed by atoms with Crippen LogP contribution in [-0.4, -0.2) is 52.1 Å². The van der Waals surface area contributed by atoms with Crippen LogP contribution in [0.4, 0.5) is 0 Å². The van der Waals surface area contributed by atoms with E-state index in [-0.39, 0.29) is 24.0 Å². The number of sulfonamides is 1. The Morgan fingerprint density at radius 2 is 2.20 bits per heavy atom. The van der Waals surface area contributed by atoms with Crippen LogP contribution in [0.2, 0.25) is 0 Å². The van der Waals surface area contributed by atoms with Crippen molar-refractivity contribution in [3.63, 3.8) is 0 Å². The van der Waals surface area contributed by atoms with Crippen LogP contribution in [0.3, 0.4) is 0 Å². The minimum Gasteiger partial charge on any atom is -0.370 e. The first-order valence-corrected chi connectivity index (χ1v) is 7.89. The molecule has 1 aliphatic rings. The molecule has 0 aliphatic carbocycles. The lowest BCUT2D eigenvalue weighted by atomic mass is 10.2. The Balaban J connectivity index is 1.91. The molecule has 0 radical (unpaired) electrons. The van der Waals surface area contributed by atoms with E-state index in [1.165, 1.54) is 0 Å². The molecule has 1 aromatic rings. The molecular weight excluding hydrogens is 280 g/mol. The molecule has 0 unspecified atom stereocenters. The molecule has 6 nitrogen and oxygen atoms in total. The van der Waals surface area contributed by atoms with Crippen LogP contribution >= 0.6 is 0 Å². The Labute approximate surface area is 118 Å². The molecule has 1 aromatic carbocycles. The molecule has 110 valence electrons. The van der Waals surface area contributed by atoms with Crippen molar-refractivity contribution in [3.8, 4) is 0 Å². The molecule has 1 saturated heterocycles. The van der Waals surface area contributed by atoms with Gasteiger partial charge in [-0.25, -0.2) is 13.1 Å². The maximum Gasteiger partial charge on any atom is 0.248 e. The van der Waals surface area contributed by atoms with Gasteiger partial charge in [-0.1, -0.05) is 12.1 Å². The average Bonchev–Trinajstić information content (AvgIpc) is 2.41. The summed E-state index contributed by atoms with van der Waals surface area (Å²) >= 11 is 0. The molecule has 0 spiro atoms. The molecule has 1 N–H and O–H groups in total. The molecule has 0 saturated carbocycles. The first-order valence-electron chi connectivity index (χ1n) is 6.41. The van der Waals surface area contributed by atoms with E-state index in [4.69, 9.17) is 4.74 Å². The molecule has 0 atom stereocenters. The van der Waals surface area contributed by atoms with E-state index in [9.17, 15) is 13.2 Å². The van der Waals surface area contributed by atoms with Gasteiger partial charge in [0.1, 0.15) is 6.61 Å². The second-order valence-corrected chi connectivity index (χ2v) is 6.41. The summed E-state index contributed by atoms with van der Waals surface area (Å²) in [6.45, 7) is 3.46. The molecule has 20 heavy (non-hydrogen) atoms. The van der Waals surface area contributed by atoms with E-state index in [1.807, 2.05) is 13.0 Å². The number of rotatable bonds is 5. The number of morpholine rings is 1. The second-order valence-electron chi connectivity index (χ2n) is 4.65. The monoisotopic (exact) mass is 298 g/mol. The van der Waals surface area contributed by atoms with Gasteiger partial charge >= 0.3 is 0 Å². The lowest BCUT2D eigenvalue weighted by molar-refractivity contribution is -0.142. The van der Waals surface area contributed by atoms with Gasteiger partial charge < -0.3 is 9.64 Å². The van der Waals surface area contributed by atoms with Crippen molar-refractivity contribution < 1.29 is 17.9 Å². The molecule has 0 bridgehead atoms. The third kappa shape index (κ3) is 3.78. The van der Waals surface area contributed by atoms with Gasteiger partial charge in [0, 0.05) is 19.6 Å². The molecule has 1 heterocycles. The summed E-state index contributed by atoms with van der Waals surface area (Å²) in [5.41, 5.74) is 0.885. The quantitative estimate of drug-likeness (QED) is 0.838. The van der Waals surface area contributed by atoms with Crippen LogP contribution in [0.1, 0.15) is 5.56 Å². The van der Waals surface area contributed by atoms with E-state index < -0.39 is 10.0 Å². The zero-order valence-electron chi connectivity index (χ0n) is 11.3. The Morgan fingerprint density at radius 1 is 1.40 bits per heavy atom. The van der Waals surface area contributed by atoms with Crippen LogP contribution in [0.15, 0.2) is 29.2 Å². The number of hydrogen-bond acceptors (Lipinski definition) is 4. The van der Waals surface area contributed by atoms with Crippen LogP contribution < -0.4 is 4.72 Å². The zero-order chi connectivity index (χ0) is 14.6. The van der Waals surface area contributed by atoms with Gasteiger partial charge in [-0.15, -0.1) is 0 Å². The van der Waals surface area contributed by atoms with Gasteiger partial charge in [0.2, 0.25) is 15.9 Å². The minimum atomic E-state index is -3.52. The molecule has 1 amide bonds. The topological polar surface area (TPSA) is 75.7 Å². The van der Waals surface area contributed by atoms with Crippen LogP contribution in [0.25, 0.3) is 0 Å². The lowest BCUT2D eigenvalue weighted by Crippen LogP contribution is -2.45. The third-order valence-electron chi connectivity index (χ3n) is 3.06. The number of amides is 1. The molecule has 2 rings (SSSR count). The number of nitrogens with zero attached hydrogens (tertiary/aromatic N) is 1. The number of aryl methyl sites for hydroxylation is 1. The summed E-state index contributed by atoms with van der Waals surface area (Å²) < 4.78 is 31.7. The number of benzene rings is 1. The first-order chi connectivity index (χ1) is 9.49. The highest BCUT2D eigenvalue weighted by molar-refractivity contribution is 7.89. The predicted molar refractivity (Wildman–Crippen MR) is 73.8 cm³/mol. The van der Waals surface area contributed by atoms with Gasteiger partial charge in [0.05, 0.1) is 11.5 Å². The summed E-state index contributed by atoms with van der Waals surface area (Å²) in [6, 6.07) is 6.71. The number of ether oxygens (including phenoxy) is 1. The number of nitrogens with one attached hydrogen (secondary N) is 1. The number of carbonyl (C=O) groups is 1. The highest BCUT2D eigenvalue weighted by atomic mass is 32.2. The van der Waals surface area contributed by atoms with Crippen LogP contribution in [0, 0.1) is 6.92 Å². The van der Waals surface area contributed by atoms with Crippen molar-refractivity contribution in [1.29, 1.82) is 0 Å². The number of carbonyl (C=O) groups excluding carboxylic acids is 1. The van der Waals surface area contributed by atoms with Crippen molar-refractivity contribution in [1.82, 2.24) is 9.62 Å². The van der Waals surface area contributed by atoms with Crippen molar-refractivity contribution in [2.45, 2.75) is 11.8 Å². The Bertz CT molecular complexity index is 586. The third-order valence-corrected chi connectivity index (χ3v) is 4.52. The fourth-order valence-electron chi connectivity index (χ4n) is 1.97. The predicted octanol–water partition coefficient (Wildman–Crippen LogP) is 0.132. The van der Waals surface area contributed by atoms with Gasteiger partial charge in [-0.3, -0.25) is 4.79 Å². The summed E-state index contributed by atoms with van der Waals surface area (Å²) in [6.07, 6.45) is 0. The Kier molecular flexibility index (Phi) is 4.74. The molecule has 1 fully saturated rings. The number of hydrogen-bond donors (Lipinski definition) is 1. The van der Waals surface area contributed by atoms with Crippen molar-refractivity contribution in [2.24, 2.45) is 0 Å². The van der Waals surface area contributed by atoms with Gasteiger partial charge in [-0.2, -0.15) is 0 Å². The zero-order valence-corrected chi connectivity index (χ0v) is 12.1. The van der Waals surface area contributed by atoms with E-state index in [0.717, 1.165) is 5.56 Å². The molecule has 7 heteroatoms. The normalized spacial score (nSPS) is 16.4. The fraction of sp³-hybridized carbons (Fsp3) is 0.462. The second kappa shape index (κ2) is 6.34. The maximum atomic E-state index is 12.1. The van der Waals surface area contributed by atoms with Gasteiger partial charge in [0.15, 0.2) is 0 Å². The van der Waals surface area contributed by atoms with Crippen LogP contribution in [-0.2, 0) is 19.6 Å². The van der Waals surface area contributed by atoms with Gasteiger partial charge in [-0.05, 0) is 24.6 Å². The first kappa shape index (κ1) is 15.0. The lowest BCUT2D eigenvalue weighted by Gasteiger charge is -2.26. The minimum absolute atomic E-state index is 0.0740. The van der Waals surface area contributed by atoms with E-state index in [1.54, 1.807) is 23.1 Å². The molecule has 0 aromatic heterocycles. The molecular formula is C13H18N2O4S. The Hall–Kier alpha value is -1.44. The highest BCUT2D eigenvalue weighted by Crippen LogP contribution is 2.10. The van der Waals surface area contributed by atoms with Crippen molar-refractivity contribution in [3.05, 3.63) is 29.8 Å². The standard InChI is InChI=1S/C13H18N2O4S/c1-11-3-2-4-12(9-11)20(17,18)14-5-6-15-7-8-19-10-13(15)16/h2-4,9,14H,5-8,10H2,1H3. The van der Waals surface area contributed by atoms with E-state index >= 15 is 0 Å². The smallest absolute Gasteiger partial charge is 0.248 e. The summed E-state index contributed by atoms with van der Waals surface area (Å²) in [7, 11) is -3.52. The largest absolute Gasteiger partial charge is 0.370 e. The summed E-state index contributed by atoms with van der Waals surface area (Å²) in [5.74, 6) is -0.106. The summed E-state index contributed by atoms with van der Waals surface area (Å²) in [4.78, 5) is 13.3. The van der Waals surface area contributed by atoms with Crippen LogP contribution in [0.5, 0.6) is 0 Å². The summed E-state index contributed by atoms with van der Waals surface area (Å²) in [5, 5.41) is 0. The highest BCUT2D eigenvalue weighted by Gasteiger charge is 2.19. The average molecular weight is 298 g/mol. The maximum absolute atomic E-state index is 12.1. The van der Waals surface area contributed by atoms with E-state index in [2.05, 4.69) is 4.72 Å². The van der Waals surface area contributed by atoms with E-state index in [0.29, 0.717) is 19.7 Å². The van der Waals surface area contributed by atoms with Crippen molar-refractivity contribution >= 4 is 15.9 Å². The fourth-order valence-corrected chi connectivity index (χ4v) is 3.09. The Morgan fingerprint density at radius 3 is 2.90 bits per heavy atom. The SMILES string of the molecule is Cc1cccc(S(=O)(=O)NCCN2CCOCC2=O)c1. The van der Waals surface area contributed by atoms with Gasteiger partial charge in [0.25, 0.3) is 0 Å².